The van der Waals surface area contributed by atoms with Gasteiger partial charge in [0.2, 0.25) is 0 Å². The number of aromatic nitrogens is 1. The zero-order valence-corrected chi connectivity index (χ0v) is 17.2. The van der Waals surface area contributed by atoms with Crippen molar-refractivity contribution in [1.82, 2.24) is 14.8 Å². The van der Waals surface area contributed by atoms with Crippen LogP contribution in [0.5, 0.6) is 0 Å². The van der Waals surface area contributed by atoms with Crippen molar-refractivity contribution in [2.75, 3.05) is 0 Å². The molecule has 3 aromatic rings. The van der Waals surface area contributed by atoms with E-state index >= 15 is 0 Å². The van der Waals surface area contributed by atoms with Crippen molar-refractivity contribution in [3.05, 3.63) is 93.6 Å². The lowest BCUT2D eigenvalue weighted by Crippen LogP contribution is -2.30. The fraction of sp³-hybridized carbons (Fsp3) is 0.130. The SMILES string of the molecule is Cc1cc(C=C2NC(=O)N(Cc3ccccc3)C2=O)c(C)n1-c1ccc(F)c(Cl)c1. The highest BCUT2D eigenvalue weighted by molar-refractivity contribution is 6.30. The Balaban J connectivity index is 1.64. The number of carbonyl (C=O) groups is 2. The average Bonchev–Trinajstić information content (AvgIpc) is 3.15. The fourth-order valence-corrected chi connectivity index (χ4v) is 3.77. The summed E-state index contributed by atoms with van der Waals surface area (Å²) in [6.07, 6.45) is 1.66. The summed E-state index contributed by atoms with van der Waals surface area (Å²) in [4.78, 5) is 26.3. The van der Waals surface area contributed by atoms with E-state index in [0.717, 1.165) is 22.5 Å². The molecule has 0 aliphatic carbocycles. The number of carbonyl (C=O) groups excluding carboxylic acids is 2. The number of hydrogen-bond donors (Lipinski definition) is 1. The molecule has 2 heterocycles. The lowest BCUT2D eigenvalue weighted by atomic mass is 10.2. The van der Waals surface area contributed by atoms with Gasteiger partial charge in [0.25, 0.3) is 5.91 Å². The second kappa shape index (κ2) is 7.80. The van der Waals surface area contributed by atoms with Crippen molar-refractivity contribution < 1.29 is 14.0 Å². The number of hydrogen-bond acceptors (Lipinski definition) is 2. The number of nitrogens with one attached hydrogen (secondary N) is 1. The molecule has 0 bridgehead atoms. The topological polar surface area (TPSA) is 54.3 Å². The van der Waals surface area contributed by atoms with Gasteiger partial charge in [0.1, 0.15) is 11.5 Å². The smallest absolute Gasteiger partial charge is 0.318 e. The molecule has 4 rings (SSSR count). The van der Waals surface area contributed by atoms with Crippen molar-refractivity contribution in [2.24, 2.45) is 0 Å². The molecular weight excluding hydrogens is 405 g/mol. The number of halogens is 2. The highest BCUT2D eigenvalue weighted by Gasteiger charge is 2.33. The lowest BCUT2D eigenvalue weighted by Gasteiger charge is -2.11. The van der Waals surface area contributed by atoms with E-state index in [2.05, 4.69) is 5.32 Å². The molecule has 30 heavy (non-hydrogen) atoms. The number of amides is 3. The van der Waals surface area contributed by atoms with E-state index < -0.39 is 11.8 Å². The molecule has 1 aliphatic rings. The van der Waals surface area contributed by atoms with Crippen LogP contribution in [-0.4, -0.2) is 21.4 Å². The molecule has 7 heteroatoms. The number of urea groups is 1. The third-order valence-corrected chi connectivity index (χ3v) is 5.37. The van der Waals surface area contributed by atoms with Crippen LogP contribution in [0, 0.1) is 19.7 Å². The first-order valence-electron chi connectivity index (χ1n) is 9.38. The van der Waals surface area contributed by atoms with Crippen molar-refractivity contribution in [1.29, 1.82) is 0 Å². The highest BCUT2D eigenvalue weighted by atomic mass is 35.5. The summed E-state index contributed by atoms with van der Waals surface area (Å²) in [5.74, 6) is -0.860. The van der Waals surface area contributed by atoms with Gasteiger partial charge in [0.15, 0.2) is 0 Å². The predicted octanol–water partition coefficient (Wildman–Crippen LogP) is 4.98. The predicted molar refractivity (Wildman–Crippen MR) is 114 cm³/mol. The molecular formula is C23H19ClFN3O2. The zero-order valence-electron chi connectivity index (χ0n) is 16.4. The van der Waals surface area contributed by atoms with E-state index in [0.29, 0.717) is 5.69 Å². The number of rotatable bonds is 4. The first-order chi connectivity index (χ1) is 14.3. The van der Waals surface area contributed by atoms with Crippen LogP contribution in [0.15, 0.2) is 60.3 Å². The first kappa shape index (κ1) is 19.9. The summed E-state index contributed by atoms with van der Waals surface area (Å²) < 4.78 is 15.4. The van der Waals surface area contributed by atoms with Crippen molar-refractivity contribution in [3.8, 4) is 5.69 Å². The third kappa shape index (κ3) is 3.62. The molecule has 1 aliphatic heterocycles. The normalized spacial score (nSPS) is 15.2. The Morgan fingerprint density at radius 1 is 1.07 bits per heavy atom. The fourth-order valence-electron chi connectivity index (χ4n) is 3.59. The van der Waals surface area contributed by atoms with Gasteiger partial charge in [-0.15, -0.1) is 0 Å². The van der Waals surface area contributed by atoms with Gasteiger partial charge in [0.05, 0.1) is 11.6 Å². The Bertz CT molecular complexity index is 1180. The van der Waals surface area contributed by atoms with Crippen LogP contribution in [0.4, 0.5) is 9.18 Å². The summed E-state index contributed by atoms with van der Waals surface area (Å²) in [5, 5.41) is 2.69. The van der Waals surface area contributed by atoms with Crippen LogP contribution >= 0.6 is 11.6 Å². The standard InChI is InChI=1S/C23H19ClFN3O2/c1-14-10-17(15(2)28(14)18-8-9-20(25)19(24)12-18)11-21-22(29)27(23(30)26-21)13-16-6-4-3-5-7-16/h3-12H,13H2,1-2H3,(H,26,30). The van der Waals surface area contributed by atoms with Crippen LogP contribution in [0.3, 0.4) is 0 Å². The summed E-state index contributed by atoms with van der Waals surface area (Å²) in [6.45, 7) is 4.00. The average molecular weight is 424 g/mol. The second-order valence-electron chi connectivity index (χ2n) is 7.13. The largest absolute Gasteiger partial charge is 0.329 e. The molecule has 152 valence electrons. The number of benzene rings is 2. The number of imide groups is 1. The third-order valence-electron chi connectivity index (χ3n) is 5.08. The summed E-state index contributed by atoms with van der Waals surface area (Å²) >= 11 is 5.93. The van der Waals surface area contributed by atoms with Gasteiger partial charge in [-0.25, -0.2) is 9.18 Å². The molecule has 5 nitrogen and oxygen atoms in total. The number of nitrogens with zero attached hydrogens (tertiary/aromatic N) is 2. The van der Waals surface area contributed by atoms with Crippen LogP contribution in [0.1, 0.15) is 22.5 Å². The molecule has 3 amide bonds. The quantitative estimate of drug-likeness (QED) is 0.475. The monoisotopic (exact) mass is 423 g/mol. The lowest BCUT2D eigenvalue weighted by molar-refractivity contribution is -0.123. The van der Waals surface area contributed by atoms with Crippen molar-refractivity contribution in [2.45, 2.75) is 20.4 Å². The Hall–Kier alpha value is -3.38. The van der Waals surface area contributed by atoms with Gasteiger partial charge in [-0.2, -0.15) is 0 Å². The minimum atomic E-state index is -0.483. The van der Waals surface area contributed by atoms with Crippen LogP contribution < -0.4 is 5.32 Å². The Morgan fingerprint density at radius 2 is 1.80 bits per heavy atom. The molecule has 2 aromatic carbocycles. The highest BCUT2D eigenvalue weighted by Crippen LogP contribution is 2.26. The van der Waals surface area contributed by atoms with E-state index in [4.69, 9.17) is 11.6 Å². The van der Waals surface area contributed by atoms with Crippen molar-refractivity contribution in [3.63, 3.8) is 0 Å². The van der Waals surface area contributed by atoms with Gasteiger partial charge in [-0.05, 0) is 55.3 Å². The maximum Gasteiger partial charge on any atom is 0.329 e. The number of aryl methyl sites for hydroxylation is 1. The Morgan fingerprint density at radius 3 is 2.50 bits per heavy atom. The van der Waals surface area contributed by atoms with E-state index in [9.17, 15) is 14.0 Å². The molecule has 1 N–H and O–H groups in total. The molecule has 0 saturated carbocycles. The van der Waals surface area contributed by atoms with Gasteiger partial charge < -0.3 is 9.88 Å². The molecule has 1 aromatic heterocycles. The Kier molecular flexibility index (Phi) is 5.18. The Labute approximate surface area is 178 Å². The van der Waals surface area contributed by atoms with Crippen LogP contribution in [0.2, 0.25) is 5.02 Å². The first-order valence-corrected chi connectivity index (χ1v) is 9.76. The molecule has 0 atom stereocenters. The van der Waals surface area contributed by atoms with Gasteiger partial charge in [-0.3, -0.25) is 9.69 Å². The maximum atomic E-state index is 13.5. The van der Waals surface area contributed by atoms with Crippen LogP contribution in [-0.2, 0) is 11.3 Å². The molecule has 0 unspecified atom stereocenters. The second-order valence-corrected chi connectivity index (χ2v) is 7.53. The molecule has 1 saturated heterocycles. The van der Waals surface area contributed by atoms with E-state index in [1.807, 2.05) is 54.8 Å². The zero-order chi connectivity index (χ0) is 21.4. The van der Waals surface area contributed by atoms with Gasteiger partial charge in [0, 0.05) is 17.1 Å². The molecule has 1 fully saturated rings. The summed E-state index contributed by atoms with van der Waals surface area (Å²) in [6, 6.07) is 15.3. The van der Waals surface area contributed by atoms with Crippen molar-refractivity contribution >= 4 is 29.6 Å². The van der Waals surface area contributed by atoms with E-state index in [1.165, 1.54) is 11.0 Å². The van der Waals surface area contributed by atoms with E-state index in [1.54, 1.807) is 18.2 Å². The summed E-state index contributed by atoms with van der Waals surface area (Å²) in [7, 11) is 0. The maximum absolute atomic E-state index is 13.5. The van der Waals surface area contributed by atoms with E-state index in [-0.39, 0.29) is 23.2 Å². The van der Waals surface area contributed by atoms with Gasteiger partial charge in [-0.1, -0.05) is 41.9 Å². The van der Waals surface area contributed by atoms with Gasteiger partial charge >= 0.3 is 6.03 Å². The molecule has 0 radical (unpaired) electrons. The summed E-state index contributed by atoms with van der Waals surface area (Å²) in [5.41, 5.74) is 4.31. The minimum absolute atomic E-state index is 0.0368. The molecule has 0 spiro atoms. The van der Waals surface area contributed by atoms with Crippen LogP contribution in [0.25, 0.3) is 11.8 Å². The minimum Gasteiger partial charge on any atom is -0.318 e.